The molecule has 0 atom stereocenters. The van der Waals surface area contributed by atoms with Crippen molar-refractivity contribution in [2.24, 2.45) is 0 Å². The van der Waals surface area contributed by atoms with Crippen molar-refractivity contribution in [3.05, 3.63) is 36.7 Å². The number of carbonyl (C=O) groups excluding carboxylic acids is 1. The van der Waals surface area contributed by atoms with Gasteiger partial charge in [0.05, 0.1) is 35.2 Å². The fourth-order valence-corrected chi connectivity index (χ4v) is 2.62. The Morgan fingerprint density at radius 3 is 2.90 bits per heavy atom. The minimum atomic E-state index is -0.0499. The van der Waals surface area contributed by atoms with Gasteiger partial charge >= 0.3 is 0 Å². The fourth-order valence-electron chi connectivity index (χ4n) is 1.36. The summed E-state index contributed by atoms with van der Waals surface area (Å²) >= 11 is 3.41. The molecule has 0 spiro atoms. The van der Waals surface area contributed by atoms with E-state index in [1.165, 1.54) is 11.8 Å². The highest BCUT2D eigenvalue weighted by molar-refractivity contribution is 14.1. The number of aromatic nitrogens is 3. The number of nitrogens with zero attached hydrogens (tertiary/aromatic N) is 3. The minimum Gasteiger partial charge on any atom is -0.492 e. The molecule has 0 radical (unpaired) electrons. The van der Waals surface area contributed by atoms with E-state index in [0.29, 0.717) is 24.1 Å². The van der Waals surface area contributed by atoms with Crippen molar-refractivity contribution in [2.45, 2.75) is 5.16 Å². The first-order valence-corrected chi connectivity index (χ1v) is 7.84. The molecule has 20 heavy (non-hydrogen) atoms. The third-order valence-corrected chi connectivity index (χ3v) is 4.22. The van der Waals surface area contributed by atoms with Crippen LogP contribution in [0.1, 0.15) is 0 Å². The van der Waals surface area contributed by atoms with E-state index < -0.39 is 0 Å². The van der Waals surface area contributed by atoms with Crippen LogP contribution >= 0.6 is 34.6 Å². The van der Waals surface area contributed by atoms with E-state index in [2.05, 4.69) is 38.4 Å². The van der Waals surface area contributed by atoms with Gasteiger partial charge in [0.2, 0.25) is 5.91 Å². The molecule has 0 saturated carbocycles. The van der Waals surface area contributed by atoms with Crippen molar-refractivity contribution in [1.29, 1.82) is 0 Å². The minimum absolute atomic E-state index is 0.0499. The second-order valence-electron chi connectivity index (χ2n) is 3.72. The lowest BCUT2D eigenvalue weighted by Crippen LogP contribution is -2.29. The molecule has 1 amide bonds. The van der Waals surface area contributed by atoms with Crippen molar-refractivity contribution in [3.8, 4) is 5.75 Å². The lowest BCUT2D eigenvalue weighted by atomic mass is 10.3. The normalized spacial score (nSPS) is 10.2. The Kier molecular flexibility index (Phi) is 6.12. The summed E-state index contributed by atoms with van der Waals surface area (Å²) in [4.78, 5) is 11.6. The number of benzene rings is 1. The molecular formula is C12H13IN4O2S. The standard InChI is InChI=1S/C12H13IN4O2S/c13-17-9-15-16-12(17)20-8-11(18)14-6-7-19-10-4-2-1-3-5-10/h1-5,9H,6-8H2,(H,14,18). The number of thioether (sulfide) groups is 1. The largest absolute Gasteiger partial charge is 0.492 e. The van der Waals surface area contributed by atoms with Crippen LogP contribution in [-0.4, -0.2) is 37.8 Å². The molecule has 0 bridgehead atoms. The summed E-state index contributed by atoms with van der Waals surface area (Å²) in [6.45, 7) is 0.925. The first-order chi connectivity index (χ1) is 9.75. The summed E-state index contributed by atoms with van der Waals surface area (Å²) in [5.41, 5.74) is 0. The Bertz CT molecular complexity index is 549. The van der Waals surface area contributed by atoms with Crippen LogP contribution in [0.3, 0.4) is 0 Å². The van der Waals surface area contributed by atoms with Gasteiger partial charge in [-0.3, -0.25) is 4.79 Å². The number of rotatable bonds is 7. The molecule has 1 N–H and O–H groups in total. The number of carbonyl (C=O) groups is 1. The summed E-state index contributed by atoms with van der Waals surface area (Å²) in [6, 6.07) is 9.50. The highest BCUT2D eigenvalue weighted by Crippen LogP contribution is 2.15. The maximum atomic E-state index is 11.6. The van der Waals surface area contributed by atoms with E-state index in [1.54, 1.807) is 9.11 Å². The summed E-state index contributed by atoms with van der Waals surface area (Å²) in [6.07, 6.45) is 1.59. The van der Waals surface area contributed by atoms with Crippen molar-refractivity contribution in [3.63, 3.8) is 0 Å². The van der Waals surface area contributed by atoms with E-state index in [-0.39, 0.29) is 5.91 Å². The summed E-state index contributed by atoms with van der Waals surface area (Å²) in [7, 11) is 0. The van der Waals surface area contributed by atoms with E-state index in [0.717, 1.165) is 5.75 Å². The van der Waals surface area contributed by atoms with Crippen LogP contribution in [0.2, 0.25) is 0 Å². The van der Waals surface area contributed by atoms with Crippen LogP contribution in [0, 0.1) is 0 Å². The zero-order chi connectivity index (χ0) is 14.2. The number of halogens is 1. The number of para-hydroxylation sites is 1. The monoisotopic (exact) mass is 404 g/mol. The second kappa shape index (κ2) is 8.10. The topological polar surface area (TPSA) is 69.0 Å². The van der Waals surface area contributed by atoms with Crippen molar-refractivity contribution in [1.82, 2.24) is 18.3 Å². The third-order valence-electron chi connectivity index (χ3n) is 2.25. The average molecular weight is 404 g/mol. The van der Waals surface area contributed by atoms with Crippen molar-refractivity contribution in [2.75, 3.05) is 18.9 Å². The predicted octanol–water partition coefficient (Wildman–Crippen LogP) is 1.76. The molecule has 0 saturated heterocycles. The Hall–Kier alpha value is -1.29. The maximum absolute atomic E-state index is 11.6. The van der Waals surface area contributed by atoms with Crippen LogP contribution in [-0.2, 0) is 4.79 Å². The molecule has 6 nitrogen and oxygen atoms in total. The molecule has 1 aromatic heterocycles. The molecule has 2 aromatic rings. The van der Waals surface area contributed by atoms with Crippen molar-refractivity contribution < 1.29 is 9.53 Å². The summed E-state index contributed by atoms with van der Waals surface area (Å²) in [5.74, 6) is 1.06. The van der Waals surface area contributed by atoms with E-state index in [1.807, 2.05) is 30.3 Å². The molecule has 0 unspecified atom stereocenters. The zero-order valence-electron chi connectivity index (χ0n) is 10.5. The van der Waals surface area contributed by atoms with Gasteiger partial charge in [0.15, 0.2) is 5.16 Å². The van der Waals surface area contributed by atoms with Gasteiger partial charge in [0.1, 0.15) is 18.7 Å². The van der Waals surface area contributed by atoms with Gasteiger partial charge < -0.3 is 10.1 Å². The highest BCUT2D eigenvalue weighted by atomic mass is 127. The number of hydrogen-bond donors (Lipinski definition) is 1. The maximum Gasteiger partial charge on any atom is 0.230 e. The average Bonchev–Trinajstić information content (AvgIpc) is 2.88. The molecule has 106 valence electrons. The SMILES string of the molecule is O=C(CSc1nncn1I)NCCOc1ccccc1. The van der Waals surface area contributed by atoms with Gasteiger partial charge in [-0.25, -0.2) is 2.78 Å². The van der Waals surface area contributed by atoms with Crippen LogP contribution in [0.15, 0.2) is 41.8 Å². The smallest absolute Gasteiger partial charge is 0.230 e. The van der Waals surface area contributed by atoms with Gasteiger partial charge in [-0.15, -0.1) is 10.2 Å². The van der Waals surface area contributed by atoms with Crippen molar-refractivity contribution >= 4 is 40.5 Å². The zero-order valence-corrected chi connectivity index (χ0v) is 13.5. The molecule has 1 aromatic carbocycles. The molecular weight excluding hydrogens is 391 g/mol. The lowest BCUT2D eigenvalue weighted by molar-refractivity contribution is -0.118. The van der Waals surface area contributed by atoms with Crippen LogP contribution < -0.4 is 10.1 Å². The molecule has 8 heteroatoms. The molecule has 2 rings (SSSR count). The first kappa shape index (κ1) is 15.1. The number of amides is 1. The van der Waals surface area contributed by atoms with Gasteiger partial charge in [0.25, 0.3) is 0 Å². The summed E-state index contributed by atoms with van der Waals surface area (Å²) in [5, 5.41) is 11.1. The molecule has 0 fully saturated rings. The van der Waals surface area contributed by atoms with Gasteiger partial charge in [-0.1, -0.05) is 30.0 Å². The lowest BCUT2D eigenvalue weighted by Gasteiger charge is -2.07. The van der Waals surface area contributed by atoms with Crippen LogP contribution in [0.4, 0.5) is 0 Å². The molecule has 0 aliphatic carbocycles. The second-order valence-corrected chi connectivity index (χ2v) is 5.71. The quantitative estimate of drug-likeness (QED) is 0.433. The number of hydrogen-bond acceptors (Lipinski definition) is 5. The first-order valence-electron chi connectivity index (χ1n) is 5.89. The van der Waals surface area contributed by atoms with Gasteiger partial charge in [-0.2, -0.15) is 0 Å². The van der Waals surface area contributed by atoms with E-state index >= 15 is 0 Å². The van der Waals surface area contributed by atoms with Crippen LogP contribution in [0.5, 0.6) is 5.75 Å². The van der Waals surface area contributed by atoms with E-state index in [4.69, 9.17) is 4.74 Å². The Balaban J connectivity index is 1.60. The number of nitrogens with one attached hydrogen (secondary N) is 1. The Morgan fingerprint density at radius 2 is 2.20 bits per heavy atom. The Morgan fingerprint density at radius 1 is 1.40 bits per heavy atom. The molecule has 1 heterocycles. The van der Waals surface area contributed by atoms with Gasteiger partial charge in [-0.05, 0) is 12.1 Å². The van der Waals surface area contributed by atoms with Crippen LogP contribution in [0.25, 0.3) is 0 Å². The highest BCUT2D eigenvalue weighted by Gasteiger charge is 2.06. The predicted molar refractivity (Wildman–Crippen MR) is 85.1 cm³/mol. The van der Waals surface area contributed by atoms with E-state index in [9.17, 15) is 4.79 Å². The molecule has 0 aliphatic rings. The third kappa shape index (κ3) is 5.00. The van der Waals surface area contributed by atoms with Gasteiger partial charge in [0, 0.05) is 0 Å². The summed E-state index contributed by atoms with van der Waals surface area (Å²) < 4.78 is 7.22. The Labute approximate surface area is 134 Å². The number of ether oxygens (including phenoxy) is 1. The fraction of sp³-hybridized carbons (Fsp3) is 0.250. The molecule has 0 aliphatic heterocycles.